The second-order valence-electron chi connectivity index (χ2n) is 5.25. The van der Waals surface area contributed by atoms with Crippen molar-refractivity contribution < 1.29 is 24.5 Å². The first kappa shape index (κ1) is 15.4. The number of aliphatic hydroxyl groups excluding tert-OH is 3. The van der Waals surface area contributed by atoms with Crippen LogP contribution in [0.1, 0.15) is 5.56 Å². The smallest absolute Gasteiger partial charge is 0.336 e. The number of thioether (sulfide) groups is 1. The summed E-state index contributed by atoms with van der Waals surface area (Å²) in [5, 5.41) is 30.0. The molecule has 1 aromatic carbocycles. The second-order valence-corrected chi connectivity index (χ2v) is 6.38. The van der Waals surface area contributed by atoms with Crippen molar-refractivity contribution >= 4 is 22.7 Å². The quantitative estimate of drug-likeness (QED) is 0.697. The summed E-state index contributed by atoms with van der Waals surface area (Å²) in [5.41, 5.74) is -0.0424. The van der Waals surface area contributed by atoms with Crippen LogP contribution in [0.25, 0.3) is 11.0 Å². The molecule has 0 unspecified atom stereocenters. The van der Waals surface area contributed by atoms with Gasteiger partial charge in [-0.2, -0.15) is 0 Å². The Morgan fingerprint density at radius 1 is 1.27 bits per heavy atom. The Labute approximate surface area is 130 Å². The summed E-state index contributed by atoms with van der Waals surface area (Å²) in [4.78, 5) is 11.4. The van der Waals surface area contributed by atoms with Crippen LogP contribution in [0, 0.1) is 6.92 Å². The summed E-state index contributed by atoms with van der Waals surface area (Å²) < 4.78 is 10.9. The topological polar surface area (TPSA) is 100 Å². The molecule has 7 heteroatoms. The normalized spacial score (nSPS) is 28.7. The maximum Gasteiger partial charge on any atom is 0.336 e. The van der Waals surface area contributed by atoms with Crippen LogP contribution in [0.5, 0.6) is 5.75 Å². The van der Waals surface area contributed by atoms with Crippen LogP contribution in [0.15, 0.2) is 33.5 Å². The van der Waals surface area contributed by atoms with Crippen LogP contribution in [-0.2, 0) is 0 Å². The van der Waals surface area contributed by atoms with E-state index in [1.54, 1.807) is 25.1 Å². The van der Waals surface area contributed by atoms with Crippen LogP contribution in [-0.4, -0.2) is 44.8 Å². The number of aryl methyl sites for hydroxylation is 1. The predicted octanol–water partition coefficient (Wildman–Crippen LogP) is 0.636. The average molecular weight is 324 g/mol. The zero-order valence-electron chi connectivity index (χ0n) is 11.8. The first-order valence-corrected chi connectivity index (χ1v) is 7.88. The van der Waals surface area contributed by atoms with Crippen molar-refractivity contribution in [2.75, 3.05) is 5.75 Å². The Hall–Kier alpha value is -1.54. The van der Waals surface area contributed by atoms with Gasteiger partial charge in [-0.3, -0.25) is 0 Å². The van der Waals surface area contributed by atoms with Crippen molar-refractivity contribution in [3.05, 3.63) is 40.2 Å². The van der Waals surface area contributed by atoms with Gasteiger partial charge < -0.3 is 24.5 Å². The number of benzene rings is 1. The van der Waals surface area contributed by atoms with Gasteiger partial charge in [0.1, 0.15) is 23.5 Å². The van der Waals surface area contributed by atoms with Gasteiger partial charge in [-0.15, -0.1) is 11.8 Å². The van der Waals surface area contributed by atoms with Gasteiger partial charge in [0.05, 0.1) is 11.5 Å². The van der Waals surface area contributed by atoms with Gasteiger partial charge >= 0.3 is 5.63 Å². The fourth-order valence-electron chi connectivity index (χ4n) is 2.48. The van der Waals surface area contributed by atoms with E-state index in [1.807, 2.05) is 0 Å². The van der Waals surface area contributed by atoms with Crippen molar-refractivity contribution in [1.82, 2.24) is 0 Å². The standard InChI is InChI=1S/C15H16O6S/c1-7-5-11(17)20-9-3-2-4-10(12(7)9)21-15-14(19)13(18)8(16)6-22-15/h2-5,8,13-16,18-19H,6H2,1H3/t8-,13+,14-,15+/m1/s1. The number of fused-ring (bicyclic) bond motifs is 1. The highest BCUT2D eigenvalue weighted by Crippen LogP contribution is 2.33. The molecule has 2 heterocycles. The van der Waals surface area contributed by atoms with E-state index in [9.17, 15) is 20.1 Å². The van der Waals surface area contributed by atoms with E-state index in [2.05, 4.69) is 0 Å². The third-order valence-corrected chi connectivity index (χ3v) is 4.86. The first-order valence-electron chi connectivity index (χ1n) is 6.83. The minimum Gasteiger partial charge on any atom is -0.476 e. The van der Waals surface area contributed by atoms with E-state index in [0.717, 1.165) is 0 Å². The van der Waals surface area contributed by atoms with Crippen molar-refractivity contribution in [3.63, 3.8) is 0 Å². The van der Waals surface area contributed by atoms with E-state index < -0.39 is 29.4 Å². The minimum absolute atomic E-state index is 0.266. The zero-order valence-corrected chi connectivity index (χ0v) is 12.6. The van der Waals surface area contributed by atoms with Gasteiger partial charge in [-0.05, 0) is 24.6 Å². The second kappa shape index (κ2) is 5.92. The maximum absolute atomic E-state index is 11.4. The molecule has 118 valence electrons. The van der Waals surface area contributed by atoms with Crippen molar-refractivity contribution in [2.24, 2.45) is 0 Å². The lowest BCUT2D eigenvalue weighted by Gasteiger charge is -2.34. The molecular formula is C15H16O6S. The Morgan fingerprint density at radius 2 is 2.05 bits per heavy atom. The van der Waals surface area contributed by atoms with E-state index in [-0.39, 0.29) is 5.75 Å². The van der Waals surface area contributed by atoms with Crippen molar-refractivity contribution in [3.8, 4) is 5.75 Å². The predicted molar refractivity (Wildman–Crippen MR) is 82.1 cm³/mol. The van der Waals surface area contributed by atoms with Crippen LogP contribution in [0.4, 0.5) is 0 Å². The Bertz CT molecular complexity index is 742. The number of hydrogen-bond donors (Lipinski definition) is 3. The lowest BCUT2D eigenvalue weighted by Crippen LogP contribution is -2.50. The van der Waals surface area contributed by atoms with Gasteiger partial charge in [-0.1, -0.05) is 6.07 Å². The van der Waals surface area contributed by atoms with Crippen LogP contribution in [0.2, 0.25) is 0 Å². The summed E-state index contributed by atoms with van der Waals surface area (Å²) in [7, 11) is 0. The van der Waals surface area contributed by atoms with Gasteiger partial charge in [0.15, 0.2) is 5.44 Å². The maximum atomic E-state index is 11.4. The molecule has 22 heavy (non-hydrogen) atoms. The van der Waals surface area contributed by atoms with Gasteiger partial charge in [-0.25, -0.2) is 4.79 Å². The Morgan fingerprint density at radius 3 is 2.82 bits per heavy atom. The molecule has 1 aliphatic rings. The molecule has 1 aliphatic heterocycles. The lowest BCUT2D eigenvalue weighted by molar-refractivity contribution is -0.0784. The fraction of sp³-hybridized carbons (Fsp3) is 0.400. The molecule has 0 amide bonds. The minimum atomic E-state index is -1.25. The van der Waals surface area contributed by atoms with Crippen molar-refractivity contribution in [2.45, 2.75) is 30.7 Å². The molecule has 0 aliphatic carbocycles. The largest absolute Gasteiger partial charge is 0.476 e. The van der Waals surface area contributed by atoms with Gasteiger partial charge in [0, 0.05) is 11.8 Å². The average Bonchev–Trinajstić information content (AvgIpc) is 2.47. The molecule has 3 N–H and O–H groups in total. The molecule has 0 saturated carbocycles. The highest BCUT2D eigenvalue weighted by atomic mass is 32.2. The monoisotopic (exact) mass is 324 g/mol. The highest BCUT2D eigenvalue weighted by molar-refractivity contribution is 7.99. The van der Waals surface area contributed by atoms with Crippen LogP contribution >= 0.6 is 11.8 Å². The van der Waals surface area contributed by atoms with Crippen LogP contribution in [0.3, 0.4) is 0 Å². The molecule has 0 radical (unpaired) electrons. The molecular weight excluding hydrogens is 308 g/mol. The summed E-state index contributed by atoms with van der Waals surface area (Å²) in [5.74, 6) is 0.723. The molecule has 3 rings (SSSR count). The summed E-state index contributed by atoms with van der Waals surface area (Å²) in [6.07, 6.45) is -3.44. The van der Waals surface area contributed by atoms with E-state index in [4.69, 9.17) is 9.15 Å². The summed E-state index contributed by atoms with van der Waals surface area (Å²) in [6, 6.07) is 6.43. The van der Waals surface area contributed by atoms with E-state index in [1.165, 1.54) is 17.8 Å². The Kier molecular flexibility index (Phi) is 4.14. The van der Waals surface area contributed by atoms with Crippen LogP contribution < -0.4 is 10.4 Å². The summed E-state index contributed by atoms with van der Waals surface area (Å²) in [6.45, 7) is 1.77. The lowest BCUT2D eigenvalue weighted by atomic mass is 10.1. The third kappa shape index (κ3) is 2.72. The fourth-order valence-corrected chi connectivity index (χ4v) is 3.59. The first-order chi connectivity index (χ1) is 10.5. The summed E-state index contributed by atoms with van der Waals surface area (Å²) >= 11 is 1.22. The molecule has 1 saturated heterocycles. The molecule has 1 fully saturated rings. The SMILES string of the molecule is Cc1cc(=O)oc2cccc(O[C@H]3SC[C@@H](O)[C@H](O)[C@H]3O)c12. The molecule has 4 atom stereocenters. The molecule has 2 aromatic rings. The number of ether oxygens (including phenoxy) is 1. The molecule has 1 aromatic heterocycles. The molecule has 0 spiro atoms. The molecule has 6 nitrogen and oxygen atoms in total. The van der Waals surface area contributed by atoms with Crippen molar-refractivity contribution in [1.29, 1.82) is 0 Å². The number of aliphatic hydroxyl groups is 3. The van der Waals surface area contributed by atoms with E-state index in [0.29, 0.717) is 22.3 Å². The highest BCUT2D eigenvalue weighted by Gasteiger charge is 2.38. The zero-order chi connectivity index (χ0) is 15.9. The number of rotatable bonds is 2. The van der Waals surface area contributed by atoms with Gasteiger partial charge in [0.2, 0.25) is 0 Å². The van der Waals surface area contributed by atoms with E-state index >= 15 is 0 Å². The number of hydrogen-bond acceptors (Lipinski definition) is 7. The molecule has 0 bridgehead atoms. The Balaban J connectivity index is 1.96. The van der Waals surface area contributed by atoms with Gasteiger partial charge in [0.25, 0.3) is 0 Å². The third-order valence-electron chi connectivity index (χ3n) is 3.62.